The van der Waals surface area contributed by atoms with E-state index in [0.29, 0.717) is 37.7 Å². The number of hydrogen-bond donors (Lipinski definition) is 3. The van der Waals surface area contributed by atoms with E-state index in [0.717, 1.165) is 54.2 Å². The van der Waals surface area contributed by atoms with E-state index in [2.05, 4.69) is 45.7 Å². The summed E-state index contributed by atoms with van der Waals surface area (Å²) in [7, 11) is 0. The van der Waals surface area contributed by atoms with Crippen molar-refractivity contribution in [3.63, 3.8) is 0 Å². The summed E-state index contributed by atoms with van der Waals surface area (Å²) in [6.07, 6.45) is -0.207. The summed E-state index contributed by atoms with van der Waals surface area (Å²) in [4.78, 5) is 37.5. The second-order valence-corrected chi connectivity index (χ2v) is 12.6. The third-order valence-corrected chi connectivity index (χ3v) is 7.97. The second-order valence-electron chi connectivity index (χ2n) is 12.2. The average Bonchev–Trinajstić information content (AvgIpc) is 3.02. The lowest BCUT2D eigenvalue weighted by Crippen LogP contribution is -2.56. The lowest BCUT2D eigenvalue weighted by molar-refractivity contribution is -0.133. The number of amides is 2. The van der Waals surface area contributed by atoms with Gasteiger partial charge in [-0.05, 0) is 82.0 Å². The molecule has 0 radical (unpaired) electrons. The fraction of sp³-hybridized carbons (Fsp3) is 0.471. The minimum absolute atomic E-state index is 0.115. The Kier molecular flexibility index (Phi) is 12.0. The lowest BCUT2D eigenvalue weighted by Gasteiger charge is -2.37. The van der Waals surface area contributed by atoms with Crippen LogP contribution >= 0.6 is 12.2 Å². The molecule has 242 valence electrons. The fourth-order valence-electron chi connectivity index (χ4n) is 5.29. The van der Waals surface area contributed by atoms with E-state index in [-0.39, 0.29) is 5.91 Å². The first-order valence-corrected chi connectivity index (χ1v) is 16.2. The van der Waals surface area contributed by atoms with E-state index in [4.69, 9.17) is 21.9 Å². The average molecular weight is 634 g/mol. The summed E-state index contributed by atoms with van der Waals surface area (Å²) in [6, 6.07) is 19.1. The van der Waals surface area contributed by atoms with Crippen molar-refractivity contribution in [2.45, 2.75) is 52.7 Å². The molecule has 1 saturated heterocycles. The molecule has 1 aromatic heterocycles. The Hall–Kier alpha value is -3.96. The first-order chi connectivity index (χ1) is 21.5. The fourth-order valence-corrected chi connectivity index (χ4v) is 5.51. The summed E-state index contributed by atoms with van der Waals surface area (Å²) in [5.74, 6) is 0.757. The molecule has 2 aromatic carbocycles. The van der Waals surface area contributed by atoms with E-state index < -0.39 is 17.7 Å². The number of anilines is 2. The molecule has 45 heavy (non-hydrogen) atoms. The molecule has 1 atom stereocenters. The van der Waals surface area contributed by atoms with E-state index >= 15 is 0 Å². The zero-order valence-electron chi connectivity index (χ0n) is 27.1. The number of hydrogen-bond acceptors (Lipinski definition) is 7. The number of fused-ring (bicyclic) bond motifs is 1. The first-order valence-electron chi connectivity index (χ1n) is 15.8. The summed E-state index contributed by atoms with van der Waals surface area (Å²) < 4.78 is 5.46. The number of thiocarbonyl (C=S) groups is 1. The first kappa shape index (κ1) is 33.9. The standard InChI is InChI=1S/C34H47N7O3S/c1-6-39(7-2)18-17-35-32(45)36-27-14-15-28-26(24-27)13-16-30(37-28)40-19-21-41(22-20-40)31(42)29(23-25-11-9-8-10-12-25)38-33(43)44-34(3,4)5/h8-16,24,29H,6-7,17-23H2,1-5H3,(H,38,43)(H2,35,36,45). The van der Waals surface area contributed by atoms with Crippen molar-refractivity contribution in [2.24, 2.45) is 0 Å². The van der Waals surface area contributed by atoms with Crippen LogP contribution in [0.5, 0.6) is 0 Å². The number of aromatic nitrogens is 1. The van der Waals surface area contributed by atoms with Crippen molar-refractivity contribution < 1.29 is 14.3 Å². The molecule has 2 heterocycles. The van der Waals surface area contributed by atoms with E-state index in [1.165, 1.54) is 0 Å². The maximum absolute atomic E-state index is 13.6. The number of alkyl carbamates (subject to hydrolysis) is 1. The summed E-state index contributed by atoms with van der Waals surface area (Å²) in [6.45, 7) is 15.9. The lowest BCUT2D eigenvalue weighted by atomic mass is 10.0. The second kappa shape index (κ2) is 15.9. The van der Waals surface area contributed by atoms with Crippen LogP contribution in [0, 0.1) is 0 Å². The number of rotatable bonds is 11. The highest BCUT2D eigenvalue weighted by molar-refractivity contribution is 7.80. The van der Waals surface area contributed by atoms with Gasteiger partial charge >= 0.3 is 6.09 Å². The van der Waals surface area contributed by atoms with Crippen LogP contribution in [-0.4, -0.2) is 95.9 Å². The molecule has 3 N–H and O–H groups in total. The van der Waals surface area contributed by atoms with E-state index in [1.807, 2.05) is 59.5 Å². The van der Waals surface area contributed by atoms with Crippen LogP contribution in [0.1, 0.15) is 40.2 Å². The van der Waals surface area contributed by atoms with Crippen molar-refractivity contribution in [3.05, 3.63) is 66.2 Å². The molecule has 10 nitrogen and oxygen atoms in total. The van der Waals surface area contributed by atoms with Crippen LogP contribution in [0.4, 0.5) is 16.3 Å². The number of carbonyl (C=O) groups is 2. The summed E-state index contributed by atoms with van der Waals surface area (Å²) >= 11 is 5.49. The highest BCUT2D eigenvalue weighted by Gasteiger charge is 2.30. The normalized spacial score (nSPS) is 14.3. The molecular formula is C34H47N7O3S. The van der Waals surface area contributed by atoms with Gasteiger partial charge in [-0.2, -0.15) is 0 Å². The molecule has 0 bridgehead atoms. The number of nitrogens with zero attached hydrogens (tertiary/aromatic N) is 4. The van der Waals surface area contributed by atoms with Gasteiger partial charge in [0.1, 0.15) is 17.5 Å². The molecule has 2 amide bonds. The zero-order chi connectivity index (χ0) is 32.4. The monoisotopic (exact) mass is 633 g/mol. The molecule has 1 unspecified atom stereocenters. The van der Waals surface area contributed by atoms with Gasteiger partial charge in [0.2, 0.25) is 5.91 Å². The molecule has 0 spiro atoms. The van der Waals surface area contributed by atoms with Gasteiger partial charge in [-0.1, -0.05) is 44.2 Å². The summed E-state index contributed by atoms with van der Waals surface area (Å²) in [5, 5.41) is 11.0. The number of likely N-dealkylation sites (N-methyl/N-ethyl adjacent to an activating group) is 1. The van der Waals surface area contributed by atoms with Gasteiger partial charge in [-0.3, -0.25) is 4.79 Å². The molecule has 1 aliphatic heterocycles. The third-order valence-electron chi connectivity index (χ3n) is 7.73. The molecule has 3 aromatic rings. The number of piperazine rings is 1. The molecule has 0 aliphatic carbocycles. The molecule has 4 rings (SSSR count). The molecule has 0 saturated carbocycles. The molecule has 11 heteroatoms. The van der Waals surface area contributed by atoms with Gasteiger partial charge in [-0.15, -0.1) is 0 Å². The summed E-state index contributed by atoms with van der Waals surface area (Å²) in [5.41, 5.74) is 2.12. The molecule has 1 aliphatic rings. The zero-order valence-corrected chi connectivity index (χ0v) is 28.0. The Morgan fingerprint density at radius 1 is 1.00 bits per heavy atom. The van der Waals surface area contributed by atoms with Crippen LogP contribution < -0.4 is 20.9 Å². The Morgan fingerprint density at radius 3 is 2.38 bits per heavy atom. The van der Waals surface area contributed by atoms with Crippen LogP contribution in [0.3, 0.4) is 0 Å². The predicted octanol–water partition coefficient (Wildman–Crippen LogP) is 4.65. The van der Waals surface area contributed by atoms with Gasteiger partial charge in [0.25, 0.3) is 0 Å². The maximum Gasteiger partial charge on any atom is 0.408 e. The largest absolute Gasteiger partial charge is 0.444 e. The van der Waals surface area contributed by atoms with Crippen LogP contribution in [0.2, 0.25) is 0 Å². The minimum Gasteiger partial charge on any atom is -0.444 e. The Balaban J connectivity index is 1.34. The van der Waals surface area contributed by atoms with Crippen molar-refractivity contribution in [3.8, 4) is 0 Å². The minimum atomic E-state index is -0.721. The number of carbonyl (C=O) groups excluding carboxylic acids is 2. The highest BCUT2D eigenvalue weighted by Crippen LogP contribution is 2.23. The number of nitrogens with one attached hydrogen (secondary N) is 3. The Bertz CT molecular complexity index is 1430. The maximum atomic E-state index is 13.6. The number of ether oxygens (including phenoxy) is 1. The topological polar surface area (TPSA) is 102 Å². The van der Waals surface area contributed by atoms with Crippen molar-refractivity contribution in [1.82, 2.24) is 25.4 Å². The molecule has 1 fully saturated rings. The van der Waals surface area contributed by atoms with Crippen LogP contribution in [0.25, 0.3) is 10.9 Å². The van der Waals surface area contributed by atoms with Gasteiger partial charge in [0, 0.05) is 56.8 Å². The van der Waals surface area contributed by atoms with Crippen LogP contribution in [-0.2, 0) is 16.0 Å². The predicted molar refractivity (Wildman–Crippen MR) is 186 cm³/mol. The van der Waals surface area contributed by atoms with Gasteiger partial charge in [0.15, 0.2) is 5.11 Å². The Labute approximate surface area is 272 Å². The van der Waals surface area contributed by atoms with E-state index in [1.54, 1.807) is 20.8 Å². The molecular weight excluding hydrogens is 586 g/mol. The van der Waals surface area contributed by atoms with Gasteiger partial charge in [0.05, 0.1) is 5.52 Å². The Morgan fingerprint density at radius 2 is 1.71 bits per heavy atom. The SMILES string of the molecule is CCN(CC)CCNC(=S)Nc1ccc2nc(N3CCN(C(=O)C(Cc4ccccc4)NC(=O)OC(C)(C)C)CC3)ccc2c1. The van der Waals surface area contributed by atoms with Crippen molar-refractivity contribution >= 4 is 51.7 Å². The van der Waals surface area contributed by atoms with Gasteiger partial charge in [-0.25, -0.2) is 9.78 Å². The van der Waals surface area contributed by atoms with Gasteiger partial charge < -0.3 is 35.4 Å². The number of benzene rings is 2. The number of pyridine rings is 1. The smallest absolute Gasteiger partial charge is 0.408 e. The highest BCUT2D eigenvalue weighted by atomic mass is 32.1. The third kappa shape index (κ3) is 10.3. The van der Waals surface area contributed by atoms with Crippen molar-refractivity contribution in [1.29, 1.82) is 0 Å². The van der Waals surface area contributed by atoms with E-state index in [9.17, 15) is 9.59 Å². The quantitative estimate of drug-likeness (QED) is 0.261. The van der Waals surface area contributed by atoms with Crippen molar-refractivity contribution in [2.75, 3.05) is 62.6 Å². The van der Waals surface area contributed by atoms with Crippen LogP contribution in [0.15, 0.2) is 60.7 Å².